The van der Waals surface area contributed by atoms with Gasteiger partial charge in [-0.25, -0.2) is 0 Å². The zero-order valence-electron chi connectivity index (χ0n) is 7.16. The molecule has 0 aliphatic heterocycles. The Hall–Kier alpha value is -0.220. The van der Waals surface area contributed by atoms with E-state index in [1.165, 1.54) is 18.9 Å². The minimum absolute atomic E-state index is 0.209. The molecule has 0 spiro atoms. The number of thioether (sulfide) groups is 1. The van der Waals surface area contributed by atoms with Crippen LogP contribution >= 0.6 is 11.8 Å². The van der Waals surface area contributed by atoms with Gasteiger partial charge in [-0.1, -0.05) is 0 Å². The van der Waals surface area contributed by atoms with E-state index in [2.05, 4.69) is 4.74 Å². The maximum atomic E-state index is 10.8. The van der Waals surface area contributed by atoms with E-state index >= 15 is 0 Å². The number of carbonyl (C=O) groups is 1. The molecule has 12 heavy (non-hydrogen) atoms. The summed E-state index contributed by atoms with van der Waals surface area (Å²) in [6, 6.07) is 0. The first-order valence-corrected chi connectivity index (χ1v) is 5.15. The van der Waals surface area contributed by atoms with Gasteiger partial charge in [0, 0.05) is 5.25 Å². The molecule has 0 aromatic rings. The van der Waals surface area contributed by atoms with Gasteiger partial charge >= 0.3 is 5.97 Å². The molecule has 1 rings (SSSR count). The van der Waals surface area contributed by atoms with Crippen LogP contribution in [0.5, 0.6) is 0 Å². The lowest BCUT2D eigenvalue weighted by Crippen LogP contribution is -2.17. The van der Waals surface area contributed by atoms with Crippen molar-refractivity contribution in [2.24, 2.45) is 0 Å². The maximum absolute atomic E-state index is 10.8. The first-order chi connectivity index (χ1) is 5.74. The van der Waals surface area contributed by atoms with Crippen molar-refractivity contribution in [3.05, 3.63) is 0 Å². The van der Waals surface area contributed by atoms with Crippen LogP contribution in [0, 0.1) is 0 Å². The zero-order valence-corrected chi connectivity index (χ0v) is 7.97. The van der Waals surface area contributed by atoms with Crippen molar-refractivity contribution in [1.29, 1.82) is 0 Å². The summed E-state index contributed by atoms with van der Waals surface area (Å²) in [5, 5.41) is 9.64. The number of carbonyl (C=O) groups excluding carboxylic acids is 1. The van der Waals surface area contributed by atoms with E-state index in [9.17, 15) is 9.90 Å². The lowest BCUT2D eigenvalue weighted by molar-refractivity contribution is -0.137. The minimum atomic E-state index is -0.223. The molecule has 0 amide bonds. The standard InChI is InChI=1S/C8H14O3S/c1-11-8(10)5-12-7-4-2-3-6(7)9/h6-7,9H,2-5H2,1H3/t6-,7-/m1/s1. The van der Waals surface area contributed by atoms with E-state index in [-0.39, 0.29) is 17.3 Å². The molecule has 0 radical (unpaired) electrons. The second kappa shape index (κ2) is 4.72. The van der Waals surface area contributed by atoms with Gasteiger partial charge in [0.1, 0.15) is 0 Å². The van der Waals surface area contributed by atoms with Crippen molar-refractivity contribution in [2.75, 3.05) is 12.9 Å². The molecule has 4 heteroatoms. The smallest absolute Gasteiger partial charge is 0.315 e. The number of aliphatic hydroxyl groups excluding tert-OH is 1. The number of esters is 1. The lowest BCUT2D eigenvalue weighted by atomic mass is 10.3. The van der Waals surface area contributed by atoms with Gasteiger partial charge in [-0.3, -0.25) is 4.79 Å². The largest absolute Gasteiger partial charge is 0.468 e. The van der Waals surface area contributed by atoms with Crippen LogP contribution < -0.4 is 0 Å². The third kappa shape index (κ3) is 2.68. The summed E-state index contributed by atoms with van der Waals surface area (Å²) in [5.74, 6) is 0.150. The fourth-order valence-corrected chi connectivity index (χ4v) is 2.49. The quantitative estimate of drug-likeness (QED) is 0.669. The van der Waals surface area contributed by atoms with Crippen molar-refractivity contribution in [3.8, 4) is 0 Å². The fraction of sp³-hybridized carbons (Fsp3) is 0.875. The van der Waals surface area contributed by atoms with E-state index in [0.29, 0.717) is 5.75 Å². The average Bonchev–Trinajstić information content (AvgIpc) is 2.47. The van der Waals surface area contributed by atoms with E-state index in [1.54, 1.807) is 0 Å². The third-order valence-electron chi connectivity index (χ3n) is 2.06. The van der Waals surface area contributed by atoms with Gasteiger partial charge in [-0.2, -0.15) is 0 Å². The number of hydrogen-bond donors (Lipinski definition) is 1. The average molecular weight is 190 g/mol. The molecule has 70 valence electrons. The molecule has 0 aromatic heterocycles. The van der Waals surface area contributed by atoms with Gasteiger partial charge in [0.25, 0.3) is 0 Å². The van der Waals surface area contributed by atoms with Crippen molar-refractivity contribution in [2.45, 2.75) is 30.6 Å². The van der Waals surface area contributed by atoms with E-state index in [1.807, 2.05) is 0 Å². The molecule has 2 atom stereocenters. The van der Waals surface area contributed by atoms with Gasteiger partial charge < -0.3 is 9.84 Å². The van der Waals surface area contributed by atoms with Crippen molar-refractivity contribution >= 4 is 17.7 Å². The maximum Gasteiger partial charge on any atom is 0.315 e. The molecule has 0 bridgehead atoms. The summed E-state index contributed by atoms with van der Waals surface area (Å²) >= 11 is 1.50. The Bertz CT molecular complexity index is 160. The Balaban J connectivity index is 2.18. The van der Waals surface area contributed by atoms with E-state index in [4.69, 9.17) is 0 Å². The number of rotatable bonds is 3. The Kier molecular flexibility index (Phi) is 3.88. The van der Waals surface area contributed by atoms with Gasteiger partial charge in [0.2, 0.25) is 0 Å². The highest BCUT2D eigenvalue weighted by molar-refractivity contribution is 8.00. The predicted molar refractivity (Wildman–Crippen MR) is 48.1 cm³/mol. The van der Waals surface area contributed by atoms with Crippen molar-refractivity contribution < 1.29 is 14.6 Å². The summed E-state index contributed by atoms with van der Waals surface area (Å²) in [5.41, 5.74) is 0. The molecule has 3 nitrogen and oxygen atoms in total. The van der Waals surface area contributed by atoms with Crippen molar-refractivity contribution in [1.82, 2.24) is 0 Å². The summed E-state index contributed by atoms with van der Waals surface area (Å²) in [7, 11) is 1.38. The Morgan fingerprint density at radius 3 is 2.92 bits per heavy atom. The lowest BCUT2D eigenvalue weighted by Gasteiger charge is -2.12. The Morgan fingerprint density at radius 1 is 1.67 bits per heavy atom. The van der Waals surface area contributed by atoms with Crippen LogP contribution in [0.2, 0.25) is 0 Å². The molecular weight excluding hydrogens is 176 g/mol. The van der Waals surface area contributed by atoms with Crippen LogP contribution in [0.4, 0.5) is 0 Å². The zero-order chi connectivity index (χ0) is 8.97. The predicted octanol–water partition coefficient (Wildman–Crippen LogP) is 0.806. The number of methoxy groups -OCH3 is 1. The molecule has 0 aromatic carbocycles. The van der Waals surface area contributed by atoms with Crippen LogP contribution in [0.1, 0.15) is 19.3 Å². The van der Waals surface area contributed by atoms with Gasteiger partial charge in [-0.15, -0.1) is 11.8 Å². The number of aliphatic hydroxyl groups is 1. The van der Waals surface area contributed by atoms with Crippen molar-refractivity contribution in [3.63, 3.8) is 0 Å². The van der Waals surface area contributed by atoms with E-state index < -0.39 is 0 Å². The summed E-state index contributed by atoms with van der Waals surface area (Å²) < 4.78 is 4.50. The topological polar surface area (TPSA) is 46.5 Å². The monoisotopic (exact) mass is 190 g/mol. The van der Waals surface area contributed by atoms with Gasteiger partial charge in [-0.05, 0) is 19.3 Å². The molecule has 0 unspecified atom stereocenters. The molecule has 1 saturated carbocycles. The number of hydrogen-bond acceptors (Lipinski definition) is 4. The summed E-state index contributed by atoms with van der Waals surface area (Å²) in [6.07, 6.45) is 2.74. The van der Waals surface area contributed by atoms with Crippen LogP contribution in [-0.4, -0.2) is 35.3 Å². The van der Waals surface area contributed by atoms with Gasteiger partial charge in [0.05, 0.1) is 19.0 Å². The third-order valence-corrected chi connectivity index (χ3v) is 3.44. The number of ether oxygens (including phenoxy) is 1. The first kappa shape index (κ1) is 9.86. The molecule has 1 aliphatic carbocycles. The highest BCUT2D eigenvalue weighted by atomic mass is 32.2. The molecule has 0 saturated heterocycles. The Labute approximate surface area is 76.5 Å². The highest BCUT2D eigenvalue weighted by Crippen LogP contribution is 2.29. The van der Waals surface area contributed by atoms with Gasteiger partial charge in [0.15, 0.2) is 0 Å². The normalized spacial score (nSPS) is 28.8. The molecule has 0 heterocycles. The SMILES string of the molecule is COC(=O)CS[C@@H]1CCC[C@H]1O. The van der Waals surface area contributed by atoms with E-state index in [0.717, 1.165) is 19.3 Å². The second-order valence-corrected chi connectivity index (χ2v) is 4.15. The van der Waals surface area contributed by atoms with Crippen LogP contribution in [-0.2, 0) is 9.53 Å². The van der Waals surface area contributed by atoms with Crippen LogP contribution in [0.3, 0.4) is 0 Å². The van der Waals surface area contributed by atoms with Crippen LogP contribution in [0.25, 0.3) is 0 Å². The fourth-order valence-electron chi connectivity index (χ4n) is 1.33. The molecule has 1 aliphatic rings. The summed E-state index contributed by atoms with van der Waals surface area (Å²) in [6.45, 7) is 0. The minimum Gasteiger partial charge on any atom is -0.468 e. The summed E-state index contributed by atoms with van der Waals surface area (Å²) in [4.78, 5) is 10.8. The highest BCUT2D eigenvalue weighted by Gasteiger charge is 2.25. The van der Waals surface area contributed by atoms with Crippen LogP contribution in [0.15, 0.2) is 0 Å². The Morgan fingerprint density at radius 2 is 2.42 bits per heavy atom. The first-order valence-electron chi connectivity index (χ1n) is 4.10. The molecular formula is C8H14O3S. The molecule has 1 N–H and O–H groups in total. The molecule has 1 fully saturated rings. The second-order valence-electron chi connectivity index (χ2n) is 2.92.